The summed E-state index contributed by atoms with van der Waals surface area (Å²) in [5.41, 5.74) is 1.85. The Morgan fingerprint density at radius 1 is 1.11 bits per heavy atom. The molecule has 0 heterocycles. The van der Waals surface area contributed by atoms with Crippen molar-refractivity contribution in [3.05, 3.63) is 51.5 Å². The minimum absolute atomic E-state index is 0.0282. The van der Waals surface area contributed by atoms with Gasteiger partial charge in [0.15, 0.2) is 17.5 Å². The molecular weight excluding hydrogens is 389 g/mol. The summed E-state index contributed by atoms with van der Waals surface area (Å²) in [5, 5.41) is 17.5. The van der Waals surface area contributed by atoms with Crippen molar-refractivity contribution in [1.82, 2.24) is 10.6 Å². The molecule has 0 aromatic heterocycles. The van der Waals surface area contributed by atoms with Crippen LogP contribution in [0.25, 0.3) is 0 Å². The van der Waals surface area contributed by atoms with Gasteiger partial charge in [0, 0.05) is 13.6 Å². The van der Waals surface area contributed by atoms with Crippen molar-refractivity contribution >= 4 is 29.2 Å². The van der Waals surface area contributed by atoms with Gasteiger partial charge in [0.2, 0.25) is 5.75 Å². The number of guanidine groups is 1. The summed E-state index contributed by atoms with van der Waals surface area (Å²) in [6.07, 6.45) is 0. The number of nitrogens with one attached hydrogen (secondary N) is 2. The third-order valence-corrected chi connectivity index (χ3v) is 4.76. The summed E-state index contributed by atoms with van der Waals surface area (Å²) >= 11 is 12.1. The van der Waals surface area contributed by atoms with E-state index in [9.17, 15) is 5.11 Å². The standard InChI is InChI=1S/C19H23Cl2N3O3/c1-11(13-5-6-14(20)15(21)9-13)24-19(22-2)23-10-12-7-16(26-3)18(25)17(8-12)27-4/h5-9,11,25H,10H2,1-4H3,(H2,22,23,24). The maximum Gasteiger partial charge on any atom is 0.200 e. The van der Waals surface area contributed by atoms with Gasteiger partial charge in [-0.25, -0.2) is 0 Å². The molecule has 0 fully saturated rings. The van der Waals surface area contributed by atoms with Crippen LogP contribution in [0.1, 0.15) is 24.1 Å². The van der Waals surface area contributed by atoms with Crippen LogP contribution in [0.3, 0.4) is 0 Å². The first-order valence-electron chi connectivity index (χ1n) is 8.25. The molecule has 1 unspecified atom stereocenters. The van der Waals surface area contributed by atoms with Gasteiger partial charge in [-0.1, -0.05) is 29.3 Å². The zero-order chi connectivity index (χ0) is 20.0. The molecule has 8 heteroatoms. The van der Waals surface area contributed by atoms with Gasteiger partial charge >= 0.3 is 0 Å². The number of aromatic hydroxyl groups is 1. The molecule has 2 aromatic carbocycles. The third-order valence-electron chi connectivity index (χ3n) is 4.02. The van der Waals surface area contributed by atoms with Crippen LogP contribution in [-0.4, -0.2) is 32.3 Å². The van der Waals surface area contributed by atoms with E-state index in [1.54, 1.807) is 25.2 Å². The molecule has 0 amide bonds. The Bertz CT molecular complexity index is 803. The van der Waals surface area contributed by atoms with Crippen LogP contribution in [0.15, 0.2) is 35.3 Å². The van der Waals surface area contributed by atoms with Gasteiger partial charge in [-0.2, -0.15) is 0 Å². The molecule has 6 nitrogen and oxygen atoms in total. The number of halogens is 2. The first kappa shape index (κ1) is 21.0. The highest BCUT2D eigenvalue weighted by atomic mass is 35.5. The lowest BCUT2D eigenvalue weighted by molar-refractivity contribution is 0.339. The Hall–Kier alpha value is -2.31. The number of hydrogen-bond donors (Lipinski definition) is 3. The monoisotopic (exact) mass is 411 g/mol. The minimum Gasteiger partial charge on any atom is -0.502 e. The van der Waals surface area contributed by atoms with Crippen LogP contribution >= 0.6 is 23.2 Å². The van der Waals surface area contributed by atoms with Crippen molar-refractivity contribution < 1.29 is 14.6 Å². The van der Waals surface area contributed by atoms with Crippen LogP contribution < -0.4 is 20.1 Å². The summed E-state index contributed by atoms with van der Waals surface area (Å²) in [5.74, 6) is 1.27. The highest BCUT2D eigenvalue weighted by molar-refractivity contribution is 6.42. The van der Waals surface area contributed by atoms with Gasteiger partial charge in [0.05, 0.1) is 30.3 Å². The summed E-state index contributed by atoms with van der Waals surface area (Å²) in [6.45, 7) is 2.46. The smallest absolute Gasteiger partial charge is 0.200 e. The Balaban J connectivity index is 2.06. The fraction of sp³-hybridized carbons (Fsp3) is 0.316. The van der Waals surface area contributed by atoms with Crippen LogP contribution in [0.5, 0.6) is 17.2 Å². The molecule has 1 atom stereocenters. The maximum absolute atomic E-state index is 10.00. The molecule has 0 bridgehead atoms. The molecule has 0 saturated heterocycles. The van der Waals surface area contributed by atoms with E-state index in [0.717, 1.165) is 11.1 Å². The van der Waals surface area contributed by atoms with E-state index in [0.29, 0.717) is 34.0 Å². The van der Waals surface area contributed by atoms with Crippen molar-refractivity contribution in [3.63, 3.8) is 0 Å². The first-order valence-corrected chi connectivity index (χ1v) is 9.01. The van der Waals surface area contributed by atoms with Gasteiger partial charge in [-0.05, 0) is 42.3 Å². The summed E-state index contributed by atoms with van der Waals surface area (Å²) in [6, 6.07) is 8.94. The van der Waals surface area contributed by atoms with Crippen molar-refractivity contribution in [2.75, 3.05) is 21.3 Å². The third kappa shape index (κ3) is 5.34. The lowest BCUT2D eigenvalue weighted by atomic mass is 10.1. The SMILES string of the molecule is CN=C(NCc1cc(OC)c(O)c(OC)c1)NC(C)c1ccc(Cl)c(Cl)c1. The Labute approximate surface area is 169 Å². The van der Waals surface area contributed by atoms with Crippen molar-refractivity contribution in [1.29, 1.82) is 0 Å². The van der Waals surface area contributed by atoms with E-state index in [2.05, 4.69) is 15.6 Å². The molecule has 0 aliphatic carbocycles. The number of methoxy groups -OCH3 is 2. The summed E-state index contributed by atoms with van der Waals surface area (Å²) < 4.78 is 10.4. The highest BCUT2D eigenvalue weighted by Crippen LogP contribution is 2.37. The fourth-order valence-corrected chi connectivity index (χ4v) is 2.81. The number of ether oxygens (including phenoxy) is 2. The molecular formula is C19H23Cl2N3O3. The Morgan fingerprint density at radius 2 is 1.74 bits per heavy atom. The second-order valence-corrected chi connectivity index (χ2v) is 6.63. The van der Waals surface area contributed by atoms with Crippen LogP contribution in [0.4, 0.5) is 0 Å². The van der Waals surface area contributed by atoms with E-state index in [4.69, 9.17) is 32.7 Å². The zero-order valence-electron chi connectivity index (χ0n) is 15.6. The van der Waals surface area contributed by atoms with Gasteiger partial charge in [0.25, 0.3) is 0 Å². The second-order valence-electron chi connectivity index (χ2n) is 5.81. The van der Waals surface area contributed by atoms with E-state index in [1.165, 1.54) is 14.2 Å². The van der Waals surface area contributed by atoms with Crippen LogP contribution in [0, 0.1) is 0 Å². The Kier molecular flexibility index (Phi) is 7.45. The maximum atomic E-state index is 10.00. The van der Waals surface area contributed by atoms with E-state index in [-0.39, 0.29) is 11.8 Å². The van der Waals surface area contributed by atoms with Crippen LogP contribution in [0.2, 0.25) is 10.0 Å². The predicted molar refractivity (Wildman–Crippen MR) is 109 cm³/mol. The van der Waals surface area contributed by atoms with Crippen molar-refractivity contribution in [2.24, 2.45) is 4.99 Å². The van der Waals surface area contributed by atoms with Crippen LogP contribution in [-0.2, 0) is 6.54 Å². The molecule has 0 spiro atoms. The Morgan fingerprint density at radius 3 is 2.26 bits per heavy atom. The molecule has 3 N–H and O–H groups in total. The van der Waals surface area contributed by atoms with Gasteiger partial charge in [-0.3, -0.25) is 4.99 Å². The molecule has 146 valence electrons. The summed E-state index contributed by atoms with van der Waals surface area (Å²) in [4.78, 5) is 4.23. The zero-order valence-corrected chi connectivity index (χ0v) is 17.1. The van der Waals surface area contributed by atoms with E-state index >= 15 is 0 Å². The van der Waals surface area contributed by atoms with E-state index in [1.807, 2.05) is 19.1 Å². The average molecular weight is 412 g/mol. The molecule has 0 aliphatic rings. The van der Waals surface area contributed by atoms with Crippen molar-refractivity contribution in [3.8, 4) is 17.2 Å². The minimum atomic E-state index is -0.0325. The van der Waals surface area contributed by atoms with Crippen molar-refractivity contribution in [2.45, 2.75) is 19.5 Å². The first-order chi connectivity index (χ1) is 12.9. The number of nitrogens with zero attached hydrogens (tertiary/aromatic N) is 1. The summed E-state index contributed by atoms with van der Waals surface area (Å²) in [7, 11) is 4.67. The largest absolute Gasteiger partial charge is 0.502 e. The number of aliphatic imine (C=N–C) groups is 1. The lowest BCUT2D eigenvalue weighted by Crippen LogP contribution is -2.38. The highest BCUT2D eigenvalue weighted by Gasteiger charge is 2.13. The lowest BCUT2D eigenvalue weighted by Gasteiger charge is -2.19. The molecule has 2 rings (SSSR count). The molecule has 0 saturated carbocycles. The predicted octanol–water partition coefficient (Wildman–Crippen LogP) is 4.14. The van der Waals surface area contributed by atoms with Gasteiger partial charge in [-0.15, -0.1) is 0 Å². The molecule has 2 aromatic rings. The number of rotatable bonds is 6. The number of phenols is 1. The molecule has 0 radical (unpaired) electrons. The van der Waals surface area contributed by atoms with Gasteiger partial charge < -0.3 is 25.2 Å². The van der Waals surface area contributed by atoms with E-state index < -0.39 is 0 Å². The molecule has 27 heavy (non-hydrogen) atoms. The quantitative estimate of drug-likeness (QED) is 0.491. The topological polar surface area (TPSA) is 75.1 Å². The number of phenolic OH excluding ortho intramolecular Hbond substituents is 1. The molecule has 0 aliphatic heterocycles. The second kappa shape index (κ2) is 9.58. The van der Waals surface area contributed by atoms with Gasteiger partial charge in [0.1, 0.15) is 0 Å². The average Bonchev–Trinajstić information content (AvgIpc) is 2.67. The number of benzene rings is 2. The number of hydrogen-bond acceptors (Lipinski definition) is 4. The normalized spacial score (nSPS) is 12.4. The fourth-order valence-electron chi connectivity index (χ4n) is 2.50.